The first-order valence-electron chi connectivity index (χ1n) is 4.61. The number of esters is 1. The molecule has 0 fully saturated rings. The Bertz CT molecular complexity index is 295. The fourth-order valence-corrected chi connectivity index (χ4v) is 0.796. The van der Waals surface area contributed by atoms with Crippen LogP contribution in [0.1, 0.15) is 13.8 Å². The molecule has 0 rings (SSSR count). The average Bonchev–Trinajstić information content (AvgIpc) is 2.28. The summed E-state index contributed by atoms with van der Waals surface area (Å²) in [5.74, 6) is -4.43. The molecule has 0 atom stereocenters. The van der Waals surface area contributed by atoms with Gasteiger partial charge in [0.1, 0.15) is 0 Å². The predicted molar refractivity (Wildman–Crippen MR) is 52.1 cm³/mol. The Labute approximate surface area is 122 Å². The van der Waals surface area contributed by atoms with Crippen molar-refractivity contribution in [3.63, 3.8) is 0 Å². The third kappa shape index (κ3) is 5.65. The molecule has 17 heavy (non-hydrogen) atoms. The molecule has 7 heteroatoms. The molecule has 0 aromatic heterocycles. The third-order valence-electron chi connectivity index (χ3n) is 1.97. The monoisotopic (exact) mass is 254 g/mol. The van der Waals surface area contributed by atoms with Gasteiger partial charge in [-0.1, -0.05) is 0 Å². The van der Waals surface area contributed by atoms with Gasteiger partial charge in [0.25, 0.3) is 0 Å². The molecule has 0 radical (unpaired) electrons. The molecule has 6 nitrogen and oxygen atoms in total. The van der Waals surface area contributed by atoms with Crippen molar-refractivity contribution in [2.24, 2.45) is 0 Å². The van der Waals surface area contributed by atoms with Gasteiger partial charge in [0, 0.05) is 14.2 Å². The van der Waals surface area contributed by atoms with Crippen LogP contribution in [0.4, 0.5) is 0 Å². The Morgan fingerprint density at radius 1 is 1.29 bits per heavy atom. The Kier molecular flexibility index (Phi) is 9.65. The van der Waals surface area contributed by atoms with Crippen molar-refractivity contribution >= 4 is 11.8 Å². The molecular formula is C10H15NaO6. The van der Waals surface area contributed by atoms with Crippen LogP contribution in [0.2, 0.25) is 0 Å². The van der Waals surface area contributed by atoms with Gasteiger partial charge in [0.15, 0.2) is 0 Å². The van der Waals surface area contributed by atoms with Gasteiger partial charge in [-0.05, 0) is 25.7 Å². The molecule has 0 aliphatic rings. The summed E-state index contributed by atoms with van der Waals surface area (Å²) >= 11 is 0. The summed E-state index contributed by atoms with van der Waals surface area (Å²) in [5, 5.41) is 11.2. The first-order valence-corrected chi connectivity index (χ1v) is 4.61. The molecule has 0 amide bonds. The zero-order chi connectivity index (χ0) is 12.8. The van der Waals surface area contributed by atoms with E-state index in [2.05, 4.69) is 4.74 Å². The van der Waals surface area contributed by atoms with E-state index >= 15 is 0 Å². The van der Waals surface area contributed by atoms with Crippen molar-refractivity contribution in [2.75, 3.05) is 20.8 Å². The number of rotatable bonds is 6. The minimum atomic E-state index is -1.57. The topological polar surface area (TPSA) is 84.9 Å². The normalized spacial score (nSPS) is 11.6. The number of methoxy groups -OCH3 is 2. The minimum absolute atomic E-state index is 0. The second kappa shape index (κ2) is 8.66. The maximum Gasteiger partial charge on any atom is 1.00 e. The van der Waals surface area contributed by atoms with E-state index in [0.717, 1.165) is 0 Å². The number of hydrogen-bond donors (Lipinski definition) is 0. The minimum Gasteiger partial charge on any atom is -0.867 e. The molecule has 0 N–H and O–H groups in total. The molecule has 0 aromatic rings. The van der Waals surface area contributed by atoms with Gasteiger partial charge in [0.05, 0.1) is 6.61 Å². The Morgan fingerprint density at radius 2 is 1.76 bits per heavy atom. The molecule has 0 bridgehead atoms. The van der Waals surface area contributed by atoms with Gasteiger partial charge in [-0.25, -0.2) is 4.79 Å². The second-order valence-corrected chi connectivity index (χ2v) is 2.95. The smallest absolute Gasteiger partial charge is 0.867 e. The van der Waals surface area contributed by atoms with Gasteiger partial charge in [-0.2, -0.15) is 0 Å². The van der Waals surface area contributed by atoms with Crippen LogP contribution < -0.4 is 34.7 Å². The van der Waals surface area contributed by atoms with Crippen LogP contribution in [0.5, 0.6) is 0 Å². The molecule has 0 aliphatic carbocycles. The molecule has 0 spiro atoms. The molecule has 0 heterocycles. The van der Waals surface area contributed by atoms with Gasteiger partial charge >= 0.3 is 35.5 Å². The van der Waals surface area contributed by atoms with E-state index in [9.17, 15) is 14.7 Å². The van der Waals surface area contributed by atoms with Crippen LogP contribution in [0, 0.1) is 0 Å². The number of hydrogen-bond acceptors (Lipinski definition) is 6. The SMILES string of the molecule is CCOC(=O)/C([O-])=C/C(=O)C(C)(OC)OC.[Na+]. The summed E-state index contributed by atoms with van der Waals surface area (Å²) in [6, 6.07) is 0. The number of carbonyl (C=O) groups excluding carboxylic acids is 2. The van der Waals surface area contributed by atoms with E-state index < -0.39 is 23.3 Å². The first-order chi connectivity index (χ1) is 7.41. The van der Waals surface area contributed by atoms with Gasteiger partial charge in [0.2, 0.25) is 11.6 Å². The van der Waals surface area contributed by atoms with Crippen molar-refractivity contribution in [3.05, 3.63) is 11.8 Å². The zero-order valence-corrected chi connectivity index (χ0v) is 12.7. The summed E-state index contributed by atoms with van der Waals surface area (Å²) in [4.78, 5) is 22.5. The van der Waals surface area contributed by atoms with Gasteiger partial charge in [-0.15, -0.1) is 0 Å². The van der Waals surface area contributed by atoms with Crippen LogP contribution in [-0.2, 0) is 23.8 Å². The Balaban J connectivity index is 0. The molecule has 92 valence electrons. The molecular weight excluding hydrogens is 239 g/mol. The van der Waals surface area contributed by atoms with E-state index in [1.165, 1.54) is 21.1 Å². The molecule has 0 aliphatic heterocycles. The quantitative estimate of drug-likeness (QED) is 0.160. The summed E-state index contributed by atoms with van der Waals surface area (Å²) in [6.45, 7) is 2.96. The van der Waals surface area contributed by atoms with Crippen LogP contribution in [-0.4, -0.2) is 38.4 Å². The average molecular weight is 254 g/mol. The molecule has 0 saturated carbocycles. The van der Waals surface area contributed by atoms with Crippen molar-refractivity contribution in [1.29, 1.82) is 0 Å². The van der Waals surface area contributed by atoms with E-state index in [1.807, 2.05) is 0 Å². The summed E-state index contributed by atoms with van der Waals surface area (Å²) in [6.07, 6.45) is 0.602. The predicted octanol–water partition coefficient (Wildman–Crippen LogP) is -3.62. The third-order valence-corrected chi connectivity index (χ3v) is 1.97. The fraction of sp³-hybridized carbons (Fsp3) is 0.600. The molecule has 0 unspecified atom stereocenters. The number of carbonyl (C=O) groups is 2. The summed E-state index contributed by atoms with van der Waals surface area (Å²) < 4.78 is 14.0. The van der Waals surface area contributed by atoms with Crippen molar-refractivity contribution in [2.45, 2.75) is 19.6 Å². The number of ketones is 1. The maximum atomic E-state index is 11.5. The van der Waals surface area contributed by atoms with Crippen molar-refractivity contribution in [3.8, 4) is 0 Å². The standard InChI is InChI=1S/C10H16O6.Na/c1-5-16-9(13)7(11)6-8(12)10(2,14-3)15-4;/h6,11H,5H2,1-4H3;/q;+1/p-1/b7-6-;. The van der Waals surface area contributed by atoms with Crippen LogP contribution in [0.15, 0.2) is 11.8 Å². The van der Waals surface area contributed by atoms with E-state index in [-0.39, 0.29) is 36.2 Å². The van der Waals surface area contributed by atoms with Crippen LogP contribution in [0.25, 0.3) is 0 Å². The van der Waals surface area contributed by atoms with E-state index in [1.54, 1.807) is 6.92 Å². The largest absolute Gasteiger partial charge is 1.00 e. The fourth-order valence-electron chi connectivity index (χ4n) is 0.796. The van der Waals surface area contributed by atoms with Crippen molar-refractivity contribution < 1.29 is 58.5 Å². The van der Waals surface area contributed by atoms with Gasteiger partial charge in [-0.3, -0.25) is 4.79 Å². The summed E-state index contributed by atoms with van der Waals surface area (Å²) in [5.41, 5.74) is 0. The van der Waals surface area contributed by atoms with E-state index in [0.29, 0.717) is 6.08 Å². The van der Waals surface area contributed by atoms with E-state index in [4.69, 9.17) is 9.47 Å². The van der Waals surface area contributed by atoms with Crippen molar-refractivity contribution in [1.82, 2.24) is 0 Å². The van der Waals surface area contributed by atoms with Gasteiger partial charge < -0.3 is 19.3 Å². The second-order valence-electron chi connectivity index (χ2n) is 2.95. The first kappa shape index (κ1) is 19.0. The summed E-state index contributed by atoms with van der Waals surface area (Å²) in [7, 11) is 2.51. The molecule has 0 aromatic carbocycles. The Morgan fingerprint density at radius 3 is 2.12 bits per heavy atom. The zero-order valence-electron chi connectivity index (χ0n) is 10.7. The van der Waals surface area contributed by atoms with Crippen LogP contribution in [0.3, 0.4) is 0 Å². The molecule has 0 saturated heterocycles. The number of ether oxygens (including phenoxy) is 3. The Hall–Kier alpha value is -0.400. The van der Waals surface area contributed by atoms with Crippen LogP contribution >= 0.6 is 0 Å². The maximum absolute atomic E-state index is 11.5.